The molecule has 8 heteroatoms. The second-order valence-corrected chi connectivity index (χ2v) is 6.60. The third-order valence-electron chi connectivity index (χ3n) is 3.50. The van der Waals surface area contributed by atoms with Gasteiger partial charge in [0.1, 0.15) is 5.75 Å². The van der Waals surface area contributed by atoms with Crippen LogP contribution in [0.1, 0.15) is 0 Å². The molecule has 1 unspecified atom stereocenters. The SMILES string of the molecule is COc1ccc(NC(=O)C[NH+](C)CC(=O)Nc2ccc(Cl)cc2Cl)cc1. The van der Waals surface area contributed by atoms with Crippen molar-refractivity contribution in [2.24, 2.45) is 0 Å². The predicted octanol–water partition coefficient (Wildman–Crippen LogP) is 2.09. The molecule has 0 saturated carbocycles. The molecule has 0 aliphatic carbocycles. The van der Waals surface area contributed by atoms with E-state index in [0.29, 0.717) is 27.2 Å². The van der Waals surface area contributed by atoms with Crippen molar-refractivity contribution in [3.8, 4) is 5.75 Å². The highest BCUT2D eigenvalue weighted by molar-refractivity contribution is 6.36. The lowest BCUT2D eigenvalue weighted by Gasteiger charge is -2.14. The minimum atomic E-state index is -0.246. The lowest BCUT2D eigenvalue weighted by Crippen LogP contribution is -3.11. The highest BCUT2D eigenvalue weighted by Crippen LogP contribution is 2.25. The third-order valence-corrected chi connectivity index (χ3v) is 4.05. The molecule has 6 nitrogen and oxygen atoms in total. The summed E-state index contributed by atoms with van der Waals surface area (Å²) in [6, 6.07) is 11.8. The molecule has 0 aliphatic heterocycles. The first kappa shape index (κ1) is 20.0. The van der Waals surface area contributed by atoms with Gasteiger partial charge in [-0.1, -0.05) is 23.2 Å². The first-order chi connectivity index (χ1) is 12.4. The molecule has 0 aromatic heterocycles. The van der Waals surface area contributed by atoms with Crippen molar-refractivity contribution >= 4 is 46.4 Å². The molecule has 0 heterocycles. The zero-order valence-electron chi connectivity index (χ0n) is 14.4. The Kier molecular flexibility index (Phi) is 7.26. The largest absolute Gasteiger partial charge is 0.497 e. The maximum absolute atomic E-state index is 12.1. The fourth-order valence-corrected chi connectivity index (χ4v) is 2.73. The number of ether oxygens (including phenoxy) is 1. The van der Waals surface area contributed by atoms with E-state index in [-0.39, 0.29) is 24.9 Å². The van der Waals surface area contributed by atoms with Crippen LogP contribution in [0.25, 0.3) is 0 Å². The molecule has 2 aromatic carbocycles. The number of rotatable bonds is 7. The first-order valence-electron chi connectivity index (χ1n) is 7.87. The number of anilines is 2. The average Bonchev–Trinajstić information content (AvgIpc) is 2.57. The van der Waals surface area contributed by atoms with Crippen LogP contribution in [0, 0.1) is 0 Å². The maximum atomic E-state index is 12.1. The summed E-state index contributed by atoms with van der Waals surface area (Å²) in [7, 11) is 3.34. The Morgan fingerprint density at radius 2 is 1.62 bits per heavy atom. The molecule has 0 spiro atoms. The molecule has 2 rings (SSSR count). The molecule has 26 heavy (non-hydrogen) atoms. The summed E-state index contributed by atoms with van der Waals surface area (Å²) in [6.07, 6.45) is 0. The first-order valence-corrected chi connectivity index (χ1v) is 8.63. The second-order valence-electron chi connectivity index (χ2n) is 5.76. The van der Waals surface area contributed by atoms with Crippen molar-refractivity contribution in [3.63, 3.8) is 0 Å². The van der Waals surface area contributed by atoms with Crippen molar-refractivity contribution in [1.29, 1.82) is 0 Å². The van der Waals surface area contributed by atoms with Crippen LogP contribution < -0.4 is 20.3 Å². The van der Waals surface area contributed by atoms with Crippen LogP contribution in [0.2, 0.25) is 10.0 Å². The summed E-state index contributed by atoms with van der Waals surface area (Å²) in [6.45, 7) is 0.267. The molecule has 1 atom stereocenters. The van der Waals surface area contributed by atoms with Crippen molar-refractivity contribution in [2.75, 3.05) is 37.9 Å². The van der Waals surface area contributed by atoms with Gasteiger partial charge in [-0.3, -0.25) is 9.59 Å². The maximum Gasteiger partial charge on any atom is 0.279 e. The molecule has 3 N–H and O–H groups in total. The van der Waals surface area contributed by atoms with Gasteiger partial charge in [-0.15, -0.1) is 0 Å². The van der Waals surface area contributed by atoms with E-state index in [2.05, 4.69) is 10.6 Å². The quantitative estimate of drug-likeness (QED) is 0.670. The average molecular weight is 397 g/mol. The van der Waals surface area contributed by atoms with Crippen LogP contribution in [-0.2, 0) is 9.59 Å². The molecular weight excluding hydrogens is 377 g/mol. The molecule has 2 amide bonds. The summed E-state index contributed by atoms with van der Waals surface area (Å²) in [5, 5.41) is 6.34. The van der Waals surface area contributed by atoms with Gasteiger partial charge in [0.25, 0.3) is 11.8 Å². The van der Waals surface area contributed by atoms with Gasteiger partial charge < -0.3 is 20.3 Å². The van der Waals surface area contributed by atoms with Crippen LogP contribution in [0.5, 0.6) is 5.75 Å². The van der Waals surface area contributed by atoms with Crippen LogP contribution >= 0.6 is 23.2 Å². The molecule has 2 aromatic rings. The summed E-state index contributed by atoms with van der Waals surface area (Å²) in [5.41, 5.74) is 1.15. The van der Waals surface area contributed by atoms with E-state index in [0.717, 1.165) is 4.90 Å². The van der Waals surface area contributed by atoms with Gasteiger partial charge in [0, 0.05) is 10.7 Å². The number of halogens is 2. The number of quaternary nitrogens is 1. The van der Waals surface area contributed by atoms with E-state index in [9.17, 15) is 9.59 Å². The number of carbonyl (C=O) groups excluding carboxylic acids is 2. The molecule has 138 valence electrons. The molecule has 0 radical (unpaired) electrons. The van der Waals surface area contributed by atoms with E-state index in [1.165, 1.54) is 0 Å². The lowest BCUT2D eigenvalue weighted by atomic mass is 10.3. The standard InChI is InChI=1S/C18H19Cl2N3O3/c1-23(10-17(24)21-13-4-6-14(26-2)7-5-13)11-18(25)22-16-8-3-12(19)9-15(16)20/h3-9H,10-11H2,1-2H3,(H,21,24)(H,22,25)/p+1. The van der Waals surface area contributed by atoms with Gasteiger partial charge in [0.2, 0.25) is 0 Å². The van der Waals surface area contributed by atoms with Crippen LogP contribution in [-0.4, -0.2) is 39.1 Å². The minimum Gasteiger partial charge on any atom is -0.497 e. The van der Waals surface area contributed by atoms with E-state index in [4.69, 9.17) is 27.9 Å². The number of benzene rings is 2. The summed E-state index contributed by atoms with van der Waals surface area (Å²) < 4.78 is 5.07. The van der Waals surface area contributed by atoms with E-state index < -0.39 is 0 Å². The van der Waals surface area contributed by atoms with Gasteiger partial charge in [-0.25, -0.2) is 0 Å². The second kappa shape index (κ2) is 9.43. The summed E-state index contributed by atoms with van der Waals surface area (Å²) in [4.78, 5) is 24.9. The summed E-state index contributed by atoms with van der Waals surface area (Å²) in [5.74, 6) is 0.275. The number of hydrogen-bond donors (Lipinski definition) is 3. The Labute approximate surface area is 162 Å². The number of carbonyl (C=O) groups is 2. The van der Waals surface area contributed by atoms with Crippen LogP contribution in [0.4, 0.5) is 11.4 Å². The number of amides is 2. The predicted molar refractivity (Wildman–Crippen MR) is 103 cm³/mol. The molecular formula is C18H20Cl2N3O3+. The zero-order valence-corrected chi connectivity index (χ0v) is 15.9. The fourth-order valence-electron chi connectivity index (χ4n) is 2.28. The summed E-state index contributed by atoms with van der Waals surface area (Å²) >= 11 is 11.9. The Balaban J connectivity index is 1.81. The highest BCUT2D eigenvalue weighted by atomic mass is 35.5. The van der Waals surface area contributed by atoms with Crippen molar-refractivity contribution < 1.29 is 19.2 Å². The van der Waals surface area contributed by atoms with Crippen molar-refractivity contribution in [2.45, 2.75) is 0 Å². The van der Waals surface area contributed by atoms with Gasteiger partial charge >= 0.3 is 0 Å². The molecule has 0 saturated heterocycles. The normalized spacial score (nSPS) is 11.5. The van der Waals surface area contributed by atoms with Crippen molar-refractivity contribution in [3.05, 3.63) is 52.5 Å². The molecule has 0 bridgehead atoms. The van der Waals surface area contributed by atoms with Gasteiger partial charge in [0.15, 0.2) is 13.1 Å². The van der Waals surface area contributed by atoms with E-state index in [1.807, 2.05) is 0 Å². The van der Waals surface area contributed by atoms with Gasteiger partial charge in [-0.05, 0) is 42.5 Å². The number of nitrogens with one attached hydrogen (secondary N) is 3. The fraction of sp³-hybridized carbons (Fsp3) is 0.222. The van der Waals surface area contributed by atoms with Gasteiger partial charge in [-0.2, -0.15) is 0 Å². The van der Waals surface area contributed by atoms with Crippen LogP contribution in [0.3, 0.4) is 0 Å². The third kappa shape index (κ3) is 6.22. The molecule has 0 aliphatic rings. The zero-order chi connectivity index (χ0) is 19.1. The van der Waals surface area contributed by atoms with Gasteiger partial charge in [0.05, 0.1) is 24.9 Å². The van der Waals surface area contributed by atoms with Crippen molar-refractivity contribution in [1.82, 2.24) is 0 Å². The smallest absolute Gasteiger partial charge is 0.279 e. The number of likely N-dealkylation sites (N-methyl/N-ethyl adjacent to an activating group) is 1. The monoisotopic (exact) mass is 396 g/mol. The Bertz CT molecular complexity index is 782. The lowest BCUT2D eigenvalue weighted by molar-refractivity contribution is -0.862. The van der Waals surface area contributed by atoms with E-state index in [1.54, 1.807) is 56.6 Å². The highest BCUT2D eigenvalue weighted by Gasteiger charge is 2.15. The Hall–Kier alpha value is -2.28. The van der Waals surface area contributed by atoms with Crippen LogP contribution in [0.15, 0.2) is 42.5 Å². The Morgan fingerprint density at radius 3 is 2.19 bits per heavy atom. The van der Waals surface area contributed by atoms with E-state index >= 15 is 0 Å². The molecule has 0 fully saturated rings. The minimum absolute atomic E-state index is 0.120. The number of hydrogen-bond acceptors (Lipinski definition) is 3. The number of methoxy groups -OCH3 is 1. The topological polar surface area (TPSA) is 71.9 Å². The Morgan fingerprint density at radius 1 is 1.00 bits per heavy atom.